The topological polar surface area (TPSA) is 101 Å². The van der Waals surface area contributed by atoms with Crippen molar-refractivity contribution in [3.05, 3.63) is 54.6 Å². The van der Waals surface area contributed by atoms with E-state index < -0.39 is 0 Å². The maximum absolute atomic E-state index is 10.5. The number of carbonyl (C=O) groups is 1. The number of nitrogens with zero attached hydrogens (tertiary/aromatic N) is 2. The van der Waals surface area contributed by atoms with Gasteiger partial charge in [0, 0.05) is 10.9 Å². The third kappa shape index (κ3) is 3.11. The zero-order chi connectivity index (χ0) is 16.2. The minimum Gasteiger partial charge on any atom is -0.508 e. The van der Waals surface area contributed by atoms with Crippen molar-refractivity contribution >= 4 is 29.0 Å². The molecular weight excluding hydrogens is 292 g/mol. The van der Waals surface area contributed by atoms with Crippen molar-refractivity contribution < 1.29 is 9.90 Å². The standard InChI is InChI=1S/C17H14N4O2/c18-17(19-10-22)21-16-9-15(11-5-7-12(23)8-6-11)20-14-4-2-1-3-13(14)16/h1-10,23H,(H3,18,19,20,21,22). The van der Waals surface area contributed by atoms with Gasteiger partial charge in [-0.25, -0.2) is 9.98 Å². The summed E-state index contributed by atoms with van der Waals surface area (Å²) in [6.45, 7) is 0. The van der Waals surface area contributed by atoms with E-state index in [9.17, 15) is 9.90 Å². The van der Waals surface area contributed by atoms with Crippen LogP contribution in [0.25, 0.3) is 22.2 Å². The molecule has 0 unspecified atom stereocenters. The third-order valence-electron chi connectivity index (χ3n) is 3.31. The van der Waals surface area contributed by atoms with Gasteiger partial charge in [0.15, 0.2) is 5.96 Å². The molecule has 2 aromatic carbocycles. The Balaban J connectivity index is 2.19. The lowest BCUT2D eigenvalue weighted by atomic mass is 10.1. The van der Waals surface area contributed by atoms with Gasteiger partial charge in [0.1, 0.15) is 5.75 Å². The van der Waals surface area contributed by atoms with Gasteiger partial charge in [-0.3, -0.25) is 10.1 Å². The van der Waals surface area contributed by atoms with E-state index in [1.807, 2.05) is 24.3 Å². The Morgan fingerprint density at radius 2 is 1.91 bits per heavy atom. The smallest absolute Gasteiger partial charge is 0.213 e. The maximum atomic E-state index is 10.5. The quantitative estimate of drug-likeness (QED) is 0.392. The average Bonchev–Trinajstić information content (AvgIpc) is 2.55. The zero-order valence-corrected chi connectivity index (χ0v) is 12.1. The lowest BCUT2D eigenvalue weighted by Crippen LogP contribution is -2.29. The number of amides is 1. The van der Waals surface area contributed by atoms with E-state index in [2.05, 4.69) is 15.3 Å². The van der Waals surface area contributed by atoms with E-state index in [4.69, 9.17) is 5.73 Å². The molecule has 6 heteroatoms. The maximum Gasteiger partial charge on any atom is 0.213 e. The first kappa shape index (κ1) is 14.5. The lowest BCUT2D eigenvalue weighted by Gasteiger charge is -2.08. The molecule has 3 rings (SSSR count). The van der Waals surface area contributed by atoms with E-state index in [-0.39, 0.29) is 11.7 Å². The van der Waals surface area contributed by atoms with E-state index in [1.165, 1.54) is 0 Å². The Morgan fingerprint density at radius 3 is 2.65 bits per heavy atom. The third-order valence-corrected chi connectivity index (χ3v) is 3.31. The number of carbonyl (C=O) groups excluding carboxylic acids is 1. The Hall–Kier alpha value is -3.41. The number of pyridine rings is 1. The van der Waals surface area contributed by atoms with Crippen LogP contribution in [0.3, 0.4) is 0 Å². The molecule has 0 aliphatic rings. The molecule has 0 bridgehead atoms. The summed E-state index contributed by atoms with van der Waals surface area (Å²) in [5, 5.41) is 12.6. The van der Waals surface area contributed by atoms with Crippen molar-refractivity contribution in [2.45, 2.75) is 0 Å². The molecule has 1 aromatic heterocycles. The van der Waals surface area contributed by atoms with E-state index in [0.717, 1.165) is 16.5 Å². The summed E-state index contributed by atoms with van der Waals surface area (Å²) in [4.78, 5) is 19.3. The molecule has 0 fully saturated rings. The number of fused-ring (bicyclic) bond motifs is 1. The number of rotatable bonds is 3. The number of nitrogens with one attached hydrogen (secondary N) is 1. The second kappa shape index (κ2) is 6.15. The van der Waals surface area contributed by atoms with Crippen LogP contribution in [0.5, 0.6) is 5.75 Å². The summed E-state index contributed by atoms with van der Waals surface area (Å²) < 4.78 is 0. The van der Waals surface area contributed by atoms with Crippen LogP contribution < -0.4 is 11.1 Å². The molecular formula is C17H14N4O2. The molecule has 4 N–H and O–H groups in total. The van der Waals surface area contributed by atoms with Crippen molar-refractivity contribution in [1.82, 2.24) is 10.3 Å². The van der Waals surface area contributed by atoms with Gasteiger partial charge in [-0.2, -0.15) is 0 Å². The van der Waals surface area contributed by atoms with Crippen LogP contribution in [0.15, 0.2) is 59.6 Å². The summed E-state index contributed by atoms with van der Waals surface area (Å²) in [7, 11) is 0. The number of aromatic hydroxyl groups is 1. The monoisotopic (exact) mass is 306 g/mol. The molecule has 0 aliphatic heterocycles. The highest BCUT2D eigenvalue weighted by atomic mass is 16.3. The zero-order valence-electron chi connectivity index (χ0n) is 12.1. The first-order valence-corrected chi connectivity index (χ1v) is 6.91. The van der Waals surface area contributed by atoms with Crippen molar-refractivity contribution in [2.75, 3.05) is 0 Å². The van der Waals surface area contributed by atoms with Gasteiger partial charge in [0.25, 0.3) is 0 Å². The van der Waals surface area contributed by atoms with Gasteiger partial charge in [0.2, 0.25) is 6.41 Å². The molecule has 1 amide bonds. The van der Waals surface area contributed by atoms with Gasteiger partial charge in [-0.15, -0.1) is 0 Å². The summed E-state index contributed by atoms with van der Waals surface area (Å²) in [6, 6.07) is 16.0. The Labute approximate surface area is 132 Å². The molecule has 3 aromatic rings. The number of hydrogen-bond donors (Lipinski definition) is 3. The van der Waals surface area contributed by atoms with Crippen LogP contribution in [-0.4, -0.2) is 22.5 Å². The Bertz CT molecular complexity index is 889. The first-order valence-electron chi connectivity index (χ1n) is 6.91. The van der Waals surface area contributed by atoms with Crippen molar-refractivity contribution in [1.29, 1.82) is 0 Å². The van der Waals surface area contributed by atoms with Crippen LogP contribution in [-0.2, 0) is 4.79 Å². The van der Waals surface area contributed by atoms with Gasteiger partial charge in [-0.1, -0.05) is 18.2 Å². The number of aromatic nitrogens is 1. The predicted octanol–water partition coefficient (Wildman–Crippen LogP) is 2.30. The predicted molar refractivity (Wildman–Crippen MR) is 89.3 cm³/mol. The van der Waals surface area contributed by atoms with Gasteiger partial charge in [0.05, 0.1) is 16.9 Å². The van der Waals surface area contributed by atoms with E-state index in [1.54, 1.807) is 30.3 Å². The van der Waals surface area contributed by atoms with Crippen LogP contribution in [0, 0.1) is 0 Å². The second-order valence-electron chi connectivity index (χ2n) is 4.85. The molecule has 0 spiro atoms. The molecule has 23 heavy (non-hydrogen) atoms. The number of aliphatic imine (C=N–C) groups is 1. The summed E-state index contributed by atoms with van der Waals surface area (Å²) in [5.74, 6) is 0.195. The van der Waals surface area contributed by atoms with Crippen LogP contribution in [0.4, 0.5) is 5.69 Å². The molecule has 6 nitrogen and oxygen atoms in total. The highest BCUT2D eigenvalue weighted by Gasteiger charge is 2.07. The molecule has 0 aliphatic carbocycles. The van der Waals surface area contributed by atoms with Crippen molar-refractivity contribution in [2.24, 2.45) is 10.7 Å². The molecule has 0 atom stereocenters. The summed E-state index contributed by atoms with van der Waals surface area (Å²) >= 11 is 0. The highest BCUT2D eigenvalue weighted by molar-refractivity contribution is 5.97. The molecule has 114 valence electrons. The van der Waals surface area contributed by atoms with Crippen LogP contribution >= 0.6 is 0 Å². The average molecular weight is 306 g/mol. The fraction of sp³-hybridized carbons (Fsp3) is 0. The number of nitrogens with two attached hydrogens (primary N) is 1. The van der Waals surface area contributed by atoms with Crippen molar-refractivity contribution in [3.8, 4) is 17.0 Å². The minimum atomic E-state index is 0.00742. The minimum absolute atomic E-state index is 0.00742. The number of para-hydroxylation sites is 1. The largest absolute Gasteiger partial charge is 0.508 e. The van der Waals surface area contributed by atoms with Gasteiger partial charge >= 0.3 is 0 Å². The first-order chi connectivity index (χ1) is 11.2. The SMILES string of the molecule is NC(=Nc1cc(-c2ccc(O)cc2)nc2ccccc12)NC=O. The van der Waals surface area contributed by atoms with Gasteiger partial charge in [-0.05, 0) is 36.4 Å². The summed E-state index contributed by atoms with van der Waals surface area (Å²) in [5.41, 5.74) is 8.57. The number of phenols is 1. The highest BCUT2D eigenvalue weighted by Crippen LogP contribution is 2.30. The van der Waals surface area contributed by atoms with E-state index >= 15 is 0 Å². The molecule has 0 saturated heterocycles. The van der Waals surface area contributed by atoms with Gasteiger partial charge < -0.3 is 10.8 Å². The summed E-state index contributed by atoms with van der Waals surface area (Å²) in [6.07, 6.45) is 0.475. The van der Waals surface area contributed by atoms with Crippen LogP contribution in [0.2, 0.25) is 0 Å². The van der Waals surface area contributed by atoms with Crippen molar-refractivity contribution in [3.63, 3.8) is 0 Å². The molecule has 0 saturated carbocycles. The number of hydrogen-bond acceptors (Lipinski definition) is 4. The molecule has 0 radical (unpaired) electrons. The Morgan fingerprint density at radius 1 is 1.17 bits per heavy atom. The Kier molecular flexibility index (Phi) is 3.88. The normalized spacial score (nSPS) is 11.4. The fourth-order valence-electron chi connectivity index (χ4n) is 2.25. The fourth-order valence-corrected chi connectivity index (χ4v) is 2.25. The van der Waals surface area contributed by atoms with Crippen LogP contribution in [0.1, 0.15) is 0 Å². The molecule has 1 heterocycles. The lowest BCUT2D eigenvalue weighted by molar-refractivity contribution is -0.108. The number of benzene rings is 2. The van der Waals surface area contributed by atoms with E-state index in [0.29, 0.717) is 17.8 Å². The number of phenolic OH excluding ortho intramolecular Hbond substituents is 1. The number of guanidine groups is 1. The second-order valence-corrected chi connectivity index (χ2v) is 4.85.